The van der Waals surface area contributed by atoms with Gasteiger partial charge in [-0.1, -0.05) is 27.4 Å². The third-order valence-electron chi connectivity index (χ3n) is 2.81. The molecule has 0 heterocycles. The van der Waals surface area contributed by atoms with Crippen LogP contribution in [-0.2, 0) is 5.41 Å². The van der Waals surface area contributed by atoms with E-state index in [0.717, 1.165) is 16.7 Å². The Hall–Kier alpha value is -1.77. The molecule has 0 bridgehead atoms. The zero-order valence-corrected chi connectivity index (χ0v) is 11.6. The topological polar surface area (TPSA) is 46.5 Å². The summed E-state index contributed by atoms with van der Waals surface area (Å²) in [5.74, 6) is -0.231. The van der Waals surface area contributed by atoms with Crippen LogP contribution in [0.3, 0.4) is 0 Å². The molecule has 1 aromatic rings. The van der Waals surface area contributed by atoms with Gasteiger partial charge in [0.15, 0.2) is 0 Å². The highest BCUT2D eigenvalue weighted by atomic mass is 16.5. The minimum Gasteiger partial charge on any atom is -0.496 e. The maximum atomic E-state index is 11.2. The second-order valence-electron chi connectivity index (χ2n) is 5.44. The average molecular weight is 248 g/mol. The van der Waals surface area contributed by atoms with Crippen LogP contribution in [0.5, 0.6) is 5.75 Å². The number of methoxy groups -OCH3 is 1. The summed E-state index contributed by atoms with van der Waals surface area (Å²) in [6.45, 7) is 11.8. The van der Waals surface area contributed by atoms with Crippen molar-refractivity contribution in [2.75, 3.05) is 7.11 Å². The Morgan fingerprint density at radius 2 is 1.89 bits per heavy atom. The molecule has 0 saturated carbocycles. The Bertz CT molecular complexity index is 493. The van der Waals surface area contributed by atoms with E-state index in [4.69, 9.17) is 4.74 Å². The van der Waals surface area contributed by atoms with Gasteiger partial charge in [-0.2, -0.15) is 0 Å². The van der Waals surface area contributed by atoms with Crippen LogP contribution >= 0.6 is 0 Å². The van der Waals surface area contributed by atoms with Gasteiger partial charge < -0.3 is 9.84 Å². The van der Waals surface area contributed by atoms with Gasteiger partial charge in [0.1, 0.15) is 5.75 Å². The van der Waals surface area contributed by atoms with Gasteiger partial charge in [0.2, 0.25) is 0 Å². The van der Waals surface area contributed by atoms with Gasteiger partial charge in [0, 0.05) is 11.1 Å². The number of carbonyl (C=O) groups is 1. The second kappa shape index (κ2) is 4.84. The fraction of sp³-hybridized carbons (Fsp3) is 0.400. The summed E-state index contributed by atoms with van der Waals surface area (Å²) < 4.78 is 5.45. The lowest BCUT2D eigenvalue weighted by atomic mass is 9.83. The zero-order valence-electron chi connectivity index (χ0n) is 11.6. The number of ether oxygens (including phenoxy) is 1. The molecule has 1 rings (SSSR count). The van der Waals surface area contributed by atoms with Crippen molar-refractivity contribution < 1.29 is 14.6 Å². The molecule has 0 spiro atoms. The van der Waals surface area contributed by atoms with Crippen LogP contribution in [0.15, 0.2) is 18.7 Å². The summed E-state index contributed by atoms with van der Waals surface area (Å²) in [6.07, 6.45) is 0. The number of hydrogen-bond acceptors (Lipinski definition) is 2. The van der Waals surface area contributed by atoms with E-state index in [0.29, 0.717) is 5.75 Å². The molecule has 0 atom stereocenters. The van der Waals surface area contributed by atoms with Crippen molar-refractivity contribution in [3.63, 3.8) is 0 Å². The van der Waals surface area contributed by atoms with Crippen molar-refractivity contribution in [1.82, 2.24) is 0 Å². The molecule has 0 aromatic heterocycles. The smallest absolute Gasteiger partial charge is 0.335 e. The molecule has 0 radical (unpaired) electrons. The van der Waals surface area contributed by atoms with Crippen LogP contribution in [0.4, 0.5) is 0 Å². The Morgan fingerprint density at radius 1 is 1.33 bits per heavy atom. The average Bonchev–Trinajstić information content (AvgIpc) is 2.25. The van der Waals surface area contributed by atoms with Crippen molar-refractivity contribution in [1.29, 1.82) is 0 Å². The lowest BCUT2D eigenvalue weighted by Crippen LogP contribution is -2.15. The van der Waals surface area contributed by atoms with Gasteiger partial charge in [-0.25, -0.2) is 4.79 Å². The number of benzene rings is 1. The van der Waals surface area contributed by atoms with Crippen molar-refractivity contribution in [2.24, 2.45) is 0 Å². The predicted molar refractivity (Wildman–Crippen MR) is 73.4 cm³/mol. The molecule has 3 nitrogen and oxygen atoms in total. The number of carboxylic acid groups (broad SMARTS) is 1. The molecule has 0 aliphatic carbocycles. The van der Waals surface area contributed by atoms with Crippen LogP contribution in [0.1, 0.15) is 49.2 Å². The minimum atomic E-state index is -0.939. The minimum absolute atomic E-state index is 0.193. The maximum absolute atomic E-state index is 11.2. The predicted octanol–water partition coefficient (Wildman–Crippen LogP) is 3.72. The molecule has 0 saturated heterocycles. The lowest BCUT2D eigenvalue weighted by Gasteiger charge is -2.24. The Balaban J connectivity index is 3.67. The Kier molecular flexibility index (Phi) is 3.85. The molecular weight excluding hydrogens is 228 g/mol. The molecule has 3 heteroatoms. The molecule has 0 amide bonds. The van der Waals surface area contributed by atoms with E-state index < -0.39 is 5.97 Å². The van der Waals surface area contributed by atoms with E-state index in [9.17, 15) is 9.90 Å². The first kappa shape index (κ1) is 14.3. The SMILES string of the molecule is C=C(C)c1cc(C(=O)O)cc(C(C)(C)C)c1OC. The van der Waals surface area contributed by atoms with Crippen LogP contribution < -0.4 is 4.74 Å². The first-order chi connectivity index (χ1) is 8.18. The van der Waals surface area contributed by atoms with Crippen LogP contribution in [-0.4, -0.2) is 18.2 Å². The molecule has 0 aliphatic rings. The van der Waals surface area contributed by atoms with Gasteiger partial charge in [-0.3, -0.25) is 0 Å². The first-order valence-corrected chi connectivity index (χ1v) is 5.80. The van der Waals surface area contributed by atoms with Crippen molar-refractivity contribution in [2.45, 2.75) is 33.1 Å². The van der Waals surface area contributed by atoms with Gasteiger partial charge in [-0.05, 0) is 30.0 Å². The standard InChI is InChI=1S/C15H20O3/c1-9(2)11-7-10(14(16)17)8-12(13(11)18-6)15(3,4)5/h7-8H,1H2,2-6H3,(H,16,17). The molecule has 0 fully saturated rings. The normalized spacial score (nSPS) is 11.2. The summed E-state index contributed by atoms with van der Waals surface area (Å²) in [4.78, 5) is 11.2. The largest absolute Gasteiger partial charge is 0.496 e. The highest BCUT2D eigenvalue weighted by Crippen LogP contribution is 2.37. The van der Waals surface area contributed by atoms with Crippen molar-refractivity contribution >= 4 is 11.5 Å². The van der Waals surface area contributed by atoms with E-state index in [1.807, 2.05) is 27.7 Å². The number of aromatic carboxylic acids is 1. The first-order valence-electron chi connectivity index (χ1n) is 5.80. The molecule has 18 heavy (non-hydrogen) atoms. The molecular formula is C15H20O3. The Morgan fingerprint density at radius 3 is 2.22 bits per heavy atom. The fourth-order valence-corrected chi connectivity index (χ4v) is 1.85. The van der Waals surface area contributed by atoms with Gasteiger partial charge in [-0.15, -0.1) is 0 Å². The van der Waals surface area contributed by atoms with E-state index in [2.05, 4.69) is 6.58 Å². The Labute approximate surface area is 108 Å². The lowest BCUT2D eigenvalue weighted by molar-refractivity contribution is 0.0696. The van der Waals surface area contributed by atoms with E-state index in [-0.39, 0.29) is 11.0 Å². The number of rotatable bonds is 3. The van der Waals surface area contributed by atoms with Crippen molar-refractivity contribution in [3.8, 4) is 5.75 Å². The highest BCUT2D eigenvalue weighted by Gasteiger charge is 2.24. The molecule has 1 aromatic carbocycles. The number of carboxylic acids is 1. The van der Waals surface area contributed by atoms with Gasteiger partial charge >= 0.3 is 5.97 Å². The van der Waals surface area contributed by atoms with Gasteiger partial charge in [0.05, 0.1) is 12.7 Å². The fourth-order valence-electron chi connectivity index (χ4n) is 1.85. The van der Waals surface area contributed by atoms with Crippen LogP contribution in [0.25, 0.3) is 5.57 Å². The monoisotopic (exact) mass is 248 g/mol. The molecule has 1 N–H and O–H groups in total. The zero-order chi connectivity index (χ0) is 14.1. The number of allylic oxidation sites excluding steroid dienone is 1. The molecule has 0 unspecified atom stereocenters. The summed E-state index contributed by atoms with van der Waals surface area (Å²) in [7, 11) is 1.59. The third kappa shape index (κ3) is 2.73. The van der Waals surface area contributed by atoms with Crippen LogP contribution in [0, 0.1) is 0 Å². The summed E-state index contributed by atoms with van der Waals surface area (Å²) in [5.41, 5.74) is 2.49. The quantitative estimate of drug-likeness (QED) is 0.886. The van der Waals surface area contributed by atoms with Crippen molar-refractivity contribution in [3.05, 3.63) is 35.4 Å². The second-order valence-corrected chi connectivity index (χ2v) is 5.44. The van der Waals surface area contributed by atoms with Gasteiger partial charge in [0.25, 0.3) is 0 Å². The number of hydrogen-bond donors (Lipinski definition) is 1. The van der Waals surface area contributed by atoms with E-state index in [1.165, 1.54) is 0 Å². The summed E-state index contributed by atoms with van der Waals surface area (Å²) in [5, 5.41) is 9.17. The van der Waals surface area contributed by atoms with E-state index >= 15 is 0 Å². The van der Waals surface area contributed by atoms with E-state index in [1.54, 1.807) is 19.2 Å². The third-order valence-corrected chi connectivity index (χ3v) is 2.81. The summed E-state index contributed by atoms with van der Waals surface area (Å²) >= 11 is 0. The maximum Gasteiger partial charge on any atom is 0.335 e. The molecule has 0 aliphatic heterocycles. The molecule has 98 valence electrons. The summed E-state index contributed by atoms with van der Waals surface area (Å²) in [6, 6.07) is 3.28. The van der Waals surface area contributed by atoms with Crippen LogP contribution in [0.2, 0.25) is 0 Å². The highest BCUT2D eigenvalue weighted by molar-refractivity contribution is 5.90.